The minimum absolute atomic E-state index is 0.202. The number of phenols is 1. The summed E-state index contributed by atoms with van der Waals surface area (Å²) < 4.78 is 5.10. The maximum atomic E-state index is 9.94. The molecule has 1 atom stereocenters. The summed E-state index contributed by atoms with van der Waals surface area (Å²) in [6, 6.07) is 14.7. The van der Waals surface area contributed by atoms with Crippen molar-refractivity contribution in [2.75, 3.05) is 12.0 Å². The molecule has 0 saturated carbocycles. The van der Waals surface area contributed by atoms with Crippen molar-refractivity contribution in [3.05, 3.63) is 53.6 Å². The summed E-state index contributed by atoms with van der Waals surface area (Å²) in [6.07, 6.45) is 2.31. The van der Waals surface area contributed by atoms with E-state index in [2.05, 4.69) is 36.1 Å². The molecule has 0 amide bonds. The van der Waals surface area contributed by atoms with Crippen LogP contribution in [0.25, 0.3) is 0 Å². The molecule has 3 rings (SSSR count). The number of hydrogen-bond acceptors (Lipinski definition) is 3. The Morgan fingerprint density at radius 1 is 1.24 bits per heavy atom. The van der Waals surface area contributed by atoms with E-state index in [4.69, 9.17) is 4.74 Å². The largest absolute Gasteiger partial charge is 0.504 e. The van der Waals surface area contributed by atoms with Crippen LogP contribution in [0.4, 0.5) is 5.69 Å². The number of ether oxygens (including phenoxy) is 1. The first kappa shape index (κ1) is 13.8. The molecule has 0 bridgehead atoms. The molecular weight excluding hydrogens is 262 g/mol. The molecule has 2 aromatic carbocycles. The van der Waals surface area contributed by atoms with Gasteiger partial charge >= 0.3 is 0 Å². The molecule has 1 N–H and O–H groups in total. The molecule has 3 nitrogen and oxygen atoms in total. The highest BCUT2D eigenvalue weighted by Gasteiger charge is 2.22. The Balaban J connectivity index is 1.89. The zero-order valence-electron chi connectivity index (χ0n) is 12.5. The first-order chi connectivity index (χ1) is 10.2. The summed E-state index contributed by atoms with van der Waals surface area (Å²) in [5.74, 6) is 0.721. The van der Waals surface area contributed by atoms with Gasteiger partial charge in [0.2, 0.25) is 0 Å². The summed E-state index contributed by atoms with van der Waals surface area (Å²) in [6.45, 7) is 3.06. The number of phenolic OH excluding ortho intramolecular Hbond substituents is 1. The fraction of sp³-hybridized carbons (Fsp3) is 0.333. The van der Waals surface area contributed by atoms with Gasteiger partial charge in [0, 0.05) is 18.3 Å². The first-order valence-corrected chi connectivity index (χ1v) is 7.39. The van der Waals surface area contributed by atoms with Crippen LogP contribution in [0.3, 0.4) is 0 Å². The Bertz CT molecular complexity index is 639. The molecule has 0 aromatic heterocycles. The summed E-state index contributed by atoms with van der Waals surface area (Å²) in [7, 11) is 1.57. The van der Waals surface area contributed by atoms with Crippen LogP contribution in [0.2, 0.25) is 0 Å². The Morgan fingerprint density at radius 2 is 2.05 bits per heavy atom. The van der Waals surface area contributed by atoms with Crippen molar-refractivity contribution in [2.24, 2.45) is 0 Å². The van der Waals surface area contributed by atoms with Crippen LogP contribution in [0.5, 0.6) is 11.5 Å². The zero-order chi connectivity index (χ0) is 14.8. The van der Waals surface area contributed by atoms with Crippen molar-refractivity contribution in [2.45, 2.75) is 32.4 Å². The maximum absolute atomic E-state index is 9.94. The summed E-state index contributed by atoms with van der Waals surface area (Å²) in [5, 5.41) is 9.94. The Morgan fingerprint density at radius 3 is 2.81 bits per heavy atom. The van der Waals surface area contributed by atoms with E-state index < -0.39 is 0 Å². The van der Waals surface area contributed by atoms with E-state index in [1.807, 2.05) is 12.1 Å². The fourth-order valence-corrected chi connectivity index (χ4v) is 3.03. The highest BCUT2D eigenvalue weighted by molar-refractivity contribution is 5.57. The predicted molar refractivity (Wildman–Crippen MR) is 85.1 cm³/mol. The Kier molecular flexibility index (Phi) is 3.74. The van der Waals surface area contributed by atoms with Gasteiger partial charge in [-0.25, -0.2) is 0 Å². The highest BCUT2D eigenvalue weighted by atomic mass is 16.5. The molecule has 1 heterocycles. The van der Waals surface area contributed by atoms with Gasteiger partial charge in [-0.05, 0) is 49.1 Å². The molecule has 1 aliphatic rings. The topological polar surface area (TPSA) is 32.7 Å². The Labute approximate surface area is 125 Å². The average molecular weight is 283 g/mol. The van der Waals surface area contributed by atoms with Crippen LogP contribution < -0.4 is 9.64 Å². The number of methoxy groups -OCH3 is 1. The van der Waals surface area contributed by atoms with Gasteiger partial charge in [-0.3, -0.25) is 0 Å². The zero-order valence-corrected chi connectivity index (χ0v) is 12.5. The van der Waals surface area contributed by atoms with E-state index in [-0.39, 0.29) is 5.75 Å². The molecule has 1 aliphatic heterocycles. The van der Waals surface area contributed by atoms with Crippen molar-refractivity contribution >= 4 is 5.69 Å². The molecular formula is C18H21NO2. The van der Waals surface area contributed by atoms with E-state index in [1.54, 1.807) is 13.2 Å². The van der Waals surface area contributed by atoms with Gasteiger partial charge in [0.1, 0.15) is 0 Å². The molecule has 0 fully saturated rings. The van der Waals surface area contributed by atoms with Gasteiger partial charge in [-0.2, -0.15) is 0 Å². The number of nitrogens with zero attached hydrogens (tertiary/aromatic N) is 1. The van der Waals surface area contributed by atoms with Crippen LogP contribution >= 0.6 is 0 Å². The monoisotopic (exact) mass is 283 g/mol. The lowest BCUT2D eigenvalue weighted by atomic mass is 9.96. The number of benzene rings is 2. The van der Waals surface area contributed by atoms with Crippen molar-refractivity contribution in [3.63, 3.8) is 0 Å². The lowest BCUT2D eigenvalue weighted by molar-refractivity contribution is 0.373. The number of para-hydroxylation sites is 1. The second-order valence-electron chi connectivity index (χ2n) is 5.65. The van der Waals surface area contributed by atoms with Crippen LogP contribution in [0, 0.1) is 0 Å². The number of fused-ring (bicyclic) bond motifs is 1. The number of anilines is 1. The normalized spacial score (nSPS) is 17.4. The SMILES string of the molecule is COc1ccc(CN2c3ccccc3CCC2C)cc1O. The third-order valence-electron chi connectivity index (χ3n) is 4.26. The van der Waals surface area contributed by atoms with Crippen LogP contribution in [0.1, 0.15) is 24.5 Å². The van der Waals surface area contributed by atoms with Crippen LogP contribution in [0.15, 0.2) is 42.5 Å². The number of rotatable bonds is 3. The second kappa shape index (κ2) is 5.68. The minimum atomic E-state index is 0.202. The van der Waals surface area contributed by atoms with Gasteiger partial charge in [0.25, 0.3) is 0 Å². The van der Waals surface area contributed by atoms with Crippen molar-refractivity contribution < 1.29 is 9.84 Å². The van der Waals surface area contributed by atoms with Gasteiger partial charge < -0.3 is 14.7 Å². The van der Waals surface area contributed by atoms with E-state index in [0.717, 1.165) is 18.5 Å². The molecule has 110 valence electrons. The van der Waals surface area contributed by atoms with Crippen LogP contribution in [-0.4, -0.2) is 18.3 Å². The van der Waals surface area contributed by atoms with Crippen molar-refractivity contribution in [1.82, 2.24) is 0 Å². The van der Waals surface area contributed by atoms with Crippen molar-refractivity contribution in [1.29, 1.82) is 0 Å². The van der Waals surface area contributed by atoms with Gasteiger partial charge in [-0.1, -0.05) is 24.3 Å². The van der Waals surface area contributed by atoms with Gasteiger partial charge in [0.15, 0.2) is 11.5 Å². The number of aromatic hydroxyl groups is 1. The maximum Gasteiger partial charge on any atom is 0.160 e. The number of aryl methyl sites for hydroxylation is 1. The molecule has 0 spiro atoms. The molecule has 2 aromatic rings. The van der Waals surface area contributed by atoms with Crippen molar-refractivity contribution in [3.8, 4) is 11.5 Å². The second-order valence-corrected chi connectivity index (χ2v) is 5.65. The standard InChI is InChI=1S/C18H21NO2/c1-13-7-9-15-5-3-4-6-16(15)19(13)12-14-8-10-18(21-2)17(20)11-14/h3-6,8,10-11,13,20H,7,9,12H2,1-2H3. The lowest BCUT2D eigenvalue weighted by Crippen LogP contribution is -2.36. The van der Waals surface area contributed by atoms with Gasteiger partial charge in [-0.15, -0.1) is 0 Å². The third kappa shape index (κ3) is 2.68. The summed E-state index contributed by atoms with van der Waals surface area (Å²) in [5.41, 5.74) is 3.82. The van der Waals surface area contributed by atoms with E-state index in [0.29, 0.717) is 11.8 Å². The van der Waals surface area contributed by atoms with Gasteiger partial charge in [0.05, 0.1) is 7.11 Å². The van der Waals surface area contributed by atoms with Crippen LogP contribution in [-0.2, 0) is 13.0 Å². The summed E-state index contributed by atoms with van der Waals surface area (Å²) >= 11 is 0. The average Bonchev–Trinajstić information content (AvgIpc) is 2.50. The third-order valence-corrected chi connectivity index (χ3v) is 4.26. The molecule has 0 radical (unpaired) electrons. The molecule has 21 heavy (non-hydrogen) atoms. The van der Waals surface area contributed by atoms with E-state index in [9.17, 15) is 5.11 Å². The predicted octanol–water partition coefficient (Wildman–Crippen LogP) is 3.74. The molecule has 0 saturated heterocycles. The Hall–Kier alpha value is -2.16. The van der Waals surface area contributed by atoms with E-state index >= 15 is 0 Å². The fourth-order valence-electron chi connectivity index (χ4n) is 3.03. The molecule has 3 heteroatoms. The lowest BCUT2D eigenvalue weighted by Gasteiger charge is -2.37. The quantitative estimate of drug-likeness (QED) is 0.931. The smallest absolute Gasteiger partial charge is 0.160 e. The first-order valence-electron chi connectivity index (χ1n) is 7.39. The summed E-state index contributed by atoms with van der Waals surface area (Å²) in [4.78, 5) is 2.42. The molecule has 0 aliphatic carbocycles. The molecule has 1 unspecified atom stereocenters. The van der Waals surface area contributed by atoms with E-state index in [1.165, 1.54) is 17.7 Å². The number of hydrogen-bond donors (Lipinski definition) is 1. The minimum Gasteiger partial charge on any atom is -0.504 e. The highest BCUT2D eigenvalue weighted by Crippen LogP contribution is 2.33.